The summed E-state index contributed by atoms with van der Waals surface area (Å²) in [6.45, 7) is 48.5. The van der Waals surface area contributed by atoms with Gasteiger partial charge in [-0.3, -0.25) is 43.2 Å². The molecule has 4 saturated carbocycles. The average molecular weight is 1500 g/mol. The van der Waals surface area contributed by atoms with Crippen molar-refractivity contribution in [2.45, 2.75) is 437 Å². The van der Waals surface area contributed by atoms with Gasteiger partial charge in [-0.2, -0.15) is 0 Å². The van der Waals surface area contributed by atoms with Crippen LogP contribution >= 0.6 is 11.8 Å². The number of rotatable bonds is 20. The van der Waals surface area contributed by atoms with Crippen LogP contribution in [0, 0.1) is 38.4 Å². The van der Waals surface area contributed by atoms with Crippen LogP contribution in [0.3, 0.4) is 0 Å². The van der Waals surface area contributed by atoms with E-state index in [0.29, 0.717) is 51.6 Å². The number of hydrogen-bond acceptors (Lipinski definition) is 17. The summed E-state index contributed by atoms with van der Waals surface area (Å²) in [6.07, 6.45) is 19.8. The van der Waals surface area contributed by atoms with Crippen molar-refractivity contribution in [3.05, 3.63) is 12.7 Å². The number of carbonyl (C=O) groups is 10. The molecule has 1 heterocycles. The van der Waals surface area contributed by atoms with E-state index in [4.69, 9.17) is 28.4 Å². The minimum absolute atomic E-state index is 0. The quantitative estimate of drug-likeness (QED) is 0.0677. The summed E-state index contributed by atoms with van der Waals surface area (Å²) in [4.78, 5) is 116. The van der Waals surface area contributed by atoms with Gasteiger partial charge in [0, 0.05) is 54.2 Å². The van der Waals surface area contributed by atoms with Crippen LogP contribution in [0.5, 0.6) is 0 Å². The molecule has 1 N–H and O–H groups in total. The fourth-order valence-electron chi connectivity index (χ4n) is 8.81. The molecular weight excluding hydrogens is 1320 g/mol. The van der Waals surface area contributed by atoms with Gasteiger partial charge < -0.3 is 33.7 Å². The lowest BCUT2D eigenvalue weighted by Gasteiger charge is -2.36. The van der Waals surface area contributed by atoms with Gasteiger partial charge in [0.15, 0.2) is 5.12 Å². The zero-order valence-corrected chi connectivity index (χ0v) is 62.0. The summed E-state index contributed by atoms with van der Waals surface area (Å²) in [7, 11) is 0. The molecule has 5 rings (SSSR count). The van der Waals surface area contributed by atoms with Gasteiger partial charge in [-0.1, -0.05) is 195 Å². The molecule has 17 nitrogen and oxygen atoms in total. The molecule has 0 aromatic rings. The second-order valence-electron chi connectivity index (χ2n) is 30.5. The first-order chi connectivity index (χ1) is 41.8. The number of hydrogen-bond donors (Lipinski definition) is 1. The van der Waals surface area contributed by atoms with Crippen LogP contribution in [0.25, 0.3) is 0 Å². The van der Waals surface area contributed by atoms with Gasteiger partial charge in [0.2, 0.25) is 12.0 Å². The first kappa shape index (κ1) is 128. The molecule has 5 aliphatic rings. The van der Waals surface area contributed by atoms with Crippen molar-refractivity contribution >= 4 is 70.2 Å². The first-order valence-electron chi connectivity index (χ1n) is 34.2. The van der Waals surface area contributed by atoms with Crippen molar-refractivity contribution in [1.82, 2.24) is 5.32 Å². The topological polar surface area (TPSA) is 238 Å². The maximum Gasteiger partial charge on any atom is 0.347 e. The summed E-state index contributed by atoms with van der Waals surface area (Å²) < 4.78 is 31.6. The summed E-state index contributed by atoms with van der Waals surface area (Å²) in [5, 5.41) is 3.57. The third kappa shape index (κ3) is 48.3. The zero-order valence-electron chi connectivity index (χ0n) is 61.2. The maximum atomic E-state index is 12.4. The van der Waals surface area contributed by atoms with Crippen LogP contribution in [0.1, 0.15) is 396 Å². The molecule has 6 unspecified atom stereocenters. The van der Waals surface area contributed by atoms with Crippen molar-refractivity contribution < 1.29 is 76.4 Å². The Bertz CT molecular complexity index is 2360. The van der Waals surface area contributed by atoms with E-state index in [1.165, 1.54) is 31.0 Å². The lowest BCUT2D eigenvalue weighted by atomic mass is 9.82. The maximum absolute atomic E-state index is 12.4. The standard InChI is InChI=1S/C17H31NO3.C13H24O2.C12H20O3.C11H18O3.C10H16O4.C10H18OS.12CH4/c1-7-17(5,6)15(20)18-13-11-9-8-10-12(13)14(19)21-16(2,3)4;1-5-12(2,3)11(14)15-13(4)9-7-6-8-10-13;1-4-12(2,3)11(14)15-10-7-5-6-9(13)8-10;1-4-11(2,3)10(13)14-9-6-5-8(12)7-9;1-4-10(2,3)9(12)14-7-5-6-13-8(7)11;1-6-8(3)12-9(11)10(4,5)7-2;;;;;;;;;;;;/h12-13H,7-11H2,1-6H3,(H,18,20);5-10H2,1-4H3;10H,4-8H2,1-3H3;9H,4-7H2,1-3H3;7H,4-6H2,1-3H3;6,8H,1,7H2,2-5H3;12*1H4. The molecule has 1 aliphatic heterocycles. The Balaban J connectivity index is -0.0000000845. The Morgan fingerprint density at radius 3 is 1.25 bits per heavy atom. The van der Waals surface area contributed by atoms with Crippen molar-refractivity contribution in [2.75, 3.05) is 6.61 Å². The first-order valence-corrected chi connectivity index (χ1v) is 35.1. The van der Waals surface area contributed by atoms with Gasteiger partial charge in [0.1, 0.15) is 35.0 Å². The summed E-state index contributed by atoms with van der Waals surface area (Å²) in [6, 6.07) is -0.0908. The van der Waals surface area contributed by atoms with E-state index in [9.17, 15) is 47.9 Å². The normalized spacial score (nSPS) is 18.8. The predicted molar refractivity (Wildman–Crippen MR) is 442 cm³/mol. The number of nitrogens with one attached hydrogen (secondary N) is 1. The number of ether oxygens (including phenoxy) is 6. The van der Waals surface area contributed by atoms with E-state index in [2.05, 4.69) is 18.8 Å². The average Bonchev–Trinajstić information content (AvgIpc) is 1.56. The lowest BCUT2D eigenvalue weighted by molar-refractivity contribution is -0.172. The molecule has 1 saturated heterocycles. The molecule has 0 bridgehead atoms. The van der Waals surface area contributed by atoms with Crippen LogP contribution in [0.4, 0.5) is 0 Å². The van der Waals surface area contributed by atoms with E-state index in [1.807, 2.05) is 138 Å². The van der Waals surface area contributed by atoms with Crippen molar-refractivity contribution in [3.8, 4) is 0 Å². The highest BCUT2D eigenvalue weighted by Crippen LogP contribution is 2.36. The van der Waals surface area contributed by atoms with Gasteiger partial charge in [0.05, 0.1) is 34.2 Å². The summed E-state index contributed by atoms with van der Waals surface area (Å²) in [5.74, 6) is -1.08. The minimum atomic E-state index is -0.687. The number of carbonyl (C=O) groups excluding carboxylic acids is 10. The molecule has 0 aromatic heterocycles. The fraction of sp³-hybridized carbons (Fsp3) is 0.859. The van der Waals surface area contributed by atoms with E-state index in [-0.39, 0.29) is 187 Å². The molecule has 0 aromatic carbocycles. The fourth-order valence-corrected chi connectivity index (χ4v) is 9.71. The van der Waals surface area contributed by atoms with Crippen molar-refractivity contribution in [3.63, 3.8) is 0 Å². The number of ketones is 2. The molecule has 4 aliphatic carbocycles. The van der Waals surface area contributed by atoms with Gasteiger partial charge in [0.25, 0.3) is 0 Å². The highest BCUT2D eigenvalue weighted by molar-refractivity contribution is 8.14. The zero-order chi connectivity index (χ0) is 70.6. The molecule has 0 radical (unpaired) electrons. The van der Waals surface area contributed by atoms with Crippen LogP contribution < -0.4 is 5.32 Å². The SMILES string of the molecule is C.C.C.C.C.C.C.C.C.C.C.C.C=CC(C)SC(=O)C(C)(C)CC.CCC(C)(C)C(=O)NC1CCCCC1C(=O)OC(C)(C)C.CCC(C)(C)C(=O)OC1(C)CCCCC1.CCC(C)(C)C(=O)OC1CCC(=O)C1.CCC(C)(C)C(=O)OC1CCCC(=O)C1.CCC(C)(C)C(=O)OC1CCOC1=O. The number of esters is 6. The number of cyclic esters (lactones) is 1. The Labute approximate surface area is 643 Å². The third-order valence-electron chi connectivity index (χ3n) is 18.7. The predicted octanol–water partition coefficient (Wildman–Crippen LogP) is 23.9. The van der Waals surface area contributed by atoms with Gasteiger partial charge in [-0.25, -0.2) is 4.79 Å². The molecule has 5 fully saturated rings. The van der Waals surface area contributed by atoms with E-state index >= 15 is 0 Å². The Morgan fingerprint density at radius 2 is 0.893 bits per heavy atom. The molecule has 6 atom stereocenters. The van der Waals surface area contributed by atoms with Crippen LogP contribution in [-0.2, 0) is 76.4 Å². The number of thioether (sulfide) groups is 1. The largest absolute Gasteiger partial charge is 0.463 e. The smallest absolute Gasteiger partial charge is 0.347 e. The molecule has 622 valence electrons. The highest BCUT2D eigenvalue weighted by Gasteiger charge is 2.40. The van der Waals surface area contributed by atoms with Crippen molar-refractivity contribution in [1.29, 1.82) is 0 Å². The third-order valence-corrected chi connectivity index (χ3v) is 20.0. The summed E-state index contributed by atoms with van der Waals surface area (Å²) in [5.41, 5.74) is -2.97. The molecule has 0 spiro atoms. The van der Waals surface area contributed by atoms with E-state index in [0.717, 1.165) is 83.5 Å². The van der Waals surface area contributed by atoms with Gasteiger partial charge >= 0.3 is 35.8 Å². The Hall–Kier alpha value is -4.61. The molecular formula is C85H175NO16S. The summed E-state index contributed by atoms with van der Waals surface area (Å²) >= 11 is 1.37. The van der Waals surface area contributed by atoms with E-state index in [1.54, 1.807) is 19.9 Å². The molecule has 103 heavy (non-hydrogen) atoms. The second-order valence-corrected chi connectivity index (χ2v) is 31.8. The highest BCUT2D eigenvalue weighted by atomic mass is 32.2. The van der Waals surface area contributed by atoms with Crippen LogP contribution in [0.15, 0.2) is 12.7 Å². The monoisotopic (exact) mass is 1500 g/mol. The molecule has 1 amide bonds. The number of Topliss-reactive ketones (excluding diaryl/α,β-unsaturated/α-hetero) is 2. The van der Waals surface area contributed by atoms with Gasteiger partial charge in [-0.15, -0.1) is 6.58 Å². The Kier molecular flexibility index (Phi) is 72.7. The van der Waals surface area contributed by atoms with Gasteiger partial charge in [-0.05, 0) is 186 Å². The minimum Gasteiger partial charge on any atom is -0.463 e. The Morgan fingerprint density at radius 1 is 0.505 bits per heavy atom. The second kappa shape index (κ2) is 58.5. The van der Waals surface area contributed by atoms with E-state index < -0.39 is 39.3 Å². The van der Waals surface area contributed by atoms with Crippen LogP contribution in [-0.4, -0.2) is 106 Å². The van der Waals surface area contributed by atoms with Crippen molar-refractivity contribution in [2.24, 2.45) is 38.4 Å². The lowest BCUT2D eigenvalue weighted by Crippen LogP contribution is -2.50. The number of amides is 1. The molecule has 18 heteroatoms. The van der Waals surface area contributed by atoms with Crippen LogP contribution in [0.2, 0.25) is 0 Å².